The van der Waals surface area contributed by atoms with Gasteiger partial charge in [-0.1, -0.05) is 23.7 Å². The predicted molar refractivity (Wildman–Crippen MR) is 124 cm³/mol. The van der Waals surface area contributed by atoms with Crippen molar-refractivity contribution in [1.29, 1.82) is 0 Å². The lowest BCUT2D eigenvalue weighted by Crippen LogP contribution is -2.33. The van der Waals surface area contributed by atoms with Gasteiger partial charge in [-0.25, -0.2) is 14.4 Å². The molecule has 0 aliphatic carbocycles. The highest BCUT2D eigenvalue weighted by Gasteiger charge is 2.23. The van der Waals surface area contributed by atoms with Gasteiger partial charge in [0.25, 0.3) is 0 Å². The van der Waals surface area contributed by atoms with Crippen LogP contribution < -0.4 is 4.74 Å². The Balaban J connectivity index is 1.17. The van der Waals surface area contributed by atoms with Gasteiger partial charge in [-0.15, -0.1) is 10.2 Å². The third-order valence-electron chi connectivity index (χ3n) is 6.17. The van der Waals surface area contributed by atoms with Crippen molar-refractivity contribution in [3.05, 3.63) is 70.5 Å². The first-order valence-electron chi connectivity index (χ1n) is 11.1. The Labute approximate surface area is 200 Å². The summed E-state index contributed by atoms with van der Waals surface area (Å²) in [5.74, 6) is 1.96. The van der Waals surface area contributed by atoms with Crippen LogP contribution in [0.4, 0.5) is 4.39 Å². The molecule has 34 heavy (non-hydrogen) atoms. The molecule has 1 N–H and O–H groups in total. The lowest BCUT2D eigenvalue weighted by atomic mass is 9.93. The molecule has 0 saturated carbocycles. The number of hydrogen-bond acceptors (Lipinski definition) is 7. The number of ether oxygens (including phenoxy) is 1. The monoisotopic (exact) mass is 482 g/mol. The Morgan fingerprint density at radius 3 is 2.82 bits per heavy atom. The number of likely N-dealkylation sites (tertiary alicyclic amines) is 1. The molecule has 0 radical (unpaired) electrons. The van der Waals surface area contributed by atoms with Gasteiger partial charge >= 0.3 is 0 Å². The number of rotatable bonds is 7. The van der Waals surface area contributed by atoms with Gasteiger partial charge in [0, 0.05) is 35.3 Å². The van der Waals surface area contributed by atoms with E-state index in [2.05, 4.69) is 35.5 Å². The van der Waals surface area contributed by atoms with Crippen LogP contribution in [-0.4, -0.2) is 53.1 Å². The molecule has 1 aromatic carbocycles. The maximum Gasteiger partial charge on any atom is 0.222 e. The first kappa shape index (κ1) is 22.4. The summed E-state index contributed by atoms with van der Waals surface area (Å²) in [6, 6.07) is 10.3. The molecule has 3 aromatic heterocycles. The summed E-state index contributed by atoms with van der Waals surface area (Å²) in [5.41, 5.74) is 2.28. The molecule has 1 aliphatic heterocycles. The predicted octanol–water partition coefficient (Wildman–Crippen LogP) is 3.75. The molecular weight excluding hydrogens is 459 g/mol. The van der Waals surface area contributed by atoms with Crippen LogP contribution in [0.15, 0.2) is 42.6 Å². The second kappa shape index (κ2) is 9.86. The molecule has 4 heterocycles. The second-order valence-corrected chi connectivity index (χ2v) is 8.77. The van der Waals surface area contributed by atoms with E-state index in [1.807, 2.05) is 23.7 Å². The van der Waals surface area contributed by atoms with Gasteiger partial charge < -0.3 is 9.30 Å². The fourth-order valence-electron chi connectivity index (χ4n) is 4.19. The van der Waals surface area contributed by atoms with E-state index in [1.165, 1.54) is 6.07 Å². The minimum atomic E-state index is -0.381. The number of imidazole rings is 1. The number of aromatic amines is 1. The largest absolute Gasteiger partial charge is 0.473 e. The summed E-state index contributed by atoms with van der Waals surface area (Å²) in [6.07, 6.45) is 3.76. The van der Waals surface area contributed by atoms with Crippen LogP contribution in [-0.2, 0) is 20.2 Å². The van der Waals surface area contributed by atoms with E-state index in [-0.39, 0.29) is 12.4 Å². The van der Waals surface area contributed by atoms with Gasteiger partial charge in [0.15, 0.2) is 0 Å². The van der Waals surface area contributed by atoms with E-state index in [4.69, 9.17) is 16.3 Å². The van der Waals surface area contributed by atoms with E-state index in [9.17, 15) is 4.39 Å². The molecule has 0 unspecified atom stereocenters. The summed E-state index contributed by atoms with van der Waals surface area (Å²) >= 11 is 5.82. The van der Waals surface area contributed by atoms with E-state index in [0.29, 0.717) is 28.2 Å². The molecule has 0 bridgehead atoms. The molecule has 11 heteroatoms. The molecule has 0 atom stereocenters. The maximum absolute atomic E-state index is 14.0. The minimum absolute atomic E-state index is 0.105. The number of nitrogens with zero attached hydrogens (tertiary/aromatic N) is 7. The van der Waals surface area contributed by atoms with Crippen molar-refractivity contribution in [1.82, 2.24) is 40.1 Å². The van der Waals surface area contributed by atoms with E-state index in [0.717, 1.165) is 49.7 Å². The Morgan fingerprint density at radius 2 is 2.06 bits per heavy atom. The maximum atomic E-state index is 14.0. The van der Waals surface area contributed by atoms with Gasteiger partial charge in [0.2, 0.25) is 11.7 Å². The highest BCUT2D eigenvalue weighted by atomic mass is 35.5. The zero-order valence-corrected chi connectivity index (χ0v) is 19.4. The molecule has 5 rings (SSSR count). The molecule has 1 aliphatic rings. The van der Waals surface area contributed by atoms with Crippen molar-refractivity contribution >= 4 is 11.6 Å². The third-order valence-corrected chi connectivity index (χ3v) is 6.40. The minimum Gasteiger partial charge on any atom is -0.473 e. The molecule has 9 nitrogen and oxygen atoms in total. The zero-order valence-electron chi connectivity index (χ0n) is 18.7. The second-order valence-electron chi connectivity index (χ2n) is 8.33. The summed E-state index contributed by atoms with van der Waals surface area (Å²) in [7, 11) is 1.96. The lowest BCUT2D eigenvalue weighted by molar-refractivity contribution is 0.196. The third kappa shape index (κ3) is 4.92. The smallest absolute Gasteiger partial charge is 0.222 e. The van der Waals surface area contributed by atoms with Crippen LogP contribution in [0, 0.1) is 5.82 Å². The number of benzene rings is 1. The topological polar surface area (TPSA) is 97.6 Å². The lowest BCUT2D eigenvalue weighted by Gasteiger charge is -2.31. The zero-order chi connectivity index (χ0) is 23.5. The summed E-state index contributed by atoms with van der Waals surface area (Å²) in [5, 5.41) is 14.5. The van der Waals surface area contributed by atoms with Crippen molar-refractivity contribution in [2.24, 2.45) is 7.05 Å². The molecule has 1 fully saturated rings. The molecule has 0 spiro atoms. The standard InChI is InChI=1S/C23H24ClFN8O/c1-32-20(23-28-30-31-29-23)12-26-21(32)13-33-9-7-15(8-10-33)19-3-2-4-22(27-19)34-14-16-5-6-17(24)11-18(16)25/h2-6,11-12,15H,7-10,13-14H2,1H3,(H,28,29,30,31). The number of halogens is 2. The van der Waals surface area contributed by atoms with Crippen molar-refractivity contribution < 1.29 is 9.13 Å². The summed E-state index contributed by atoms with van der Waals surface area (Å²) in [6.45, 7) is 2.74. The molecule has 4 aromatic rings. The van der Waals surface area contributed by atoms with Crippen LogP contribution in [0.25, 0.3) is 11.5 Å². The SMILES string of the molecule is Cn1c(-c2nn[nH]n2)cnc1CN1CCC(c2cccc(OCc3ccc(Cl)cc3F)n2)CC1. The van der Waals surface area contributed by atoms with Gasteiger partial charge in [-0.2, -0.15) is 5.21 Å². The van der Waals surface area contributed by atoms with Crippen LogP contribution in [0.2, 0.25) is 5.02 Å². The highest BCUT2D eigenvalue weighted by molar-refractivity contribution is 6.30. The Bertz CT molecular complexity index is 1250. The normalized spacial score (nSPS) is 15.0. The molecule has 1 saturated heterocycles. The first-order chi connectivity index (χ1) is 16.6. The molecule has 176 valence electrons. The highest BCUT2D eigenvalue weighted by Crippen LogP contribution is 2.29. The number of aromatic nitrogens is 7. The van der Waals surface area contributed by atoms with Crippen molar-refractivity contribution in [2.45, 2.75) is 31.9 Å². The van der Waals surface area contributed by atoms with Crippen LogP contribution >= 0.6 is 11.6 Å². The van der Waals surface area contributed by atoms with E-state index >= 15 is 0 Å². The summed E-state index contributed by atoms with van der Waals surface area (Å²) < 4.78 is 21.8. The van der Waals surface area contributed by atoms with Gasteiger partial charge in [0.1, 0.15) is 23.9 Å². The van der Waals surface area contributed by atoms with Crippen molar-refractivity contribution in [2.75, 3.05) is 13.1 Å². The van der Waals surface area contributed by atoms with Gasteiger partial charge in [0.05, 0.1) is 12.7 Å². The van der Waals surface area contributed by atoms with Crippen LogP contribution in [0.1, 0.15) is 35.8 Å². The number of H-pyrrole nitrogens is 1. The number of pyridine rings is 1. The fourth-order valence-corrected chi connectivity index (χ4v) is 4.35. The number of hydrogen-bond donors (Lipinski definition) is 1. The van der Waals surface area contributed by atoms with E-state index < -0.39 is 0 Å². The van der Waals surface area contributed by atoms with Crippen molar-refractivity contribution in [3.63, 3.8) is 0 Å². The molecule has 0 amide bonds. The summed E-state index contributed by atoms with van der Waals surface area (Å²) in [4.78, 5) is 11.6. The average molecular weight is 483 g/mol. The van der Waals surface area contributed by atoms with Crippen LogP contribution in [0.3, 0.4) is 0 Å². The van der Waals surface area contributed by atoms with E-state index in [1.54, 1.807) is 24.4 Å². The average Bonchev–Trinajstić information content (AvgIpc) is 3.49. The molecular formula is C23H24ClFN8O. The number of tetrazole rings is 1. The van der Waals surface area contributed by atoms with Gasteiger partial charge in [-0.05, 0) is 49.3 Å². The Morgan fingerprint density at radius 1 is 1.21 bits per heavy atom. The van der Waals surface area contributed by atoms with Crippen molar-refractivity contribution in [3.8, 4) is 17.4 Å². The van der Waals surface area contributed by atoms with Crippen LogP contribution in [0.5, 0.6) is 5.88 Å². The number of piperidine rings is 1. The first-order valence-corrected chi connectivity index (χ1v) is 11.4. The fraction of sp³-hybridized carbons (Fsp3) is 0.348. The Kier molecular flexibility index (Phi) is 6.50. The van der Waals surface area contributed by atoms with Gasteiger partial charge in [-0.3, -0.25) is 4.90 Å². The quantitative estimate of drug-likeness (QED) is 0.428. The Hall–Kier alpha value is -3.37. The number of nitrogens with one attached hydrogen (secondary N) is 1.